The van der Waals surface area contributed by atoms with Gasteiger partial charge in [-0.05, 0) is 30.2 Å². The van der Waals surface area contributed by atoms with E-state index in [0.29, 0.717) is 18.2 Å². The van der Waals surface area contributed by atoms with E-state index in [2.05, 4.69) is 5.32 Å². The van der Waals surface area contributed by atoms with Gasteiger partial charge in [-0.2, -0.15) is 0 Å². The molecule has 2 aromatic carbocycles. The van der Waals surface area contributed by atoms with Crippen molar-refractivity contribution in [1.82, 2.24) is 5.32 Å². The van der Waals surface area contributed by atoms with Crippen molar-refractivity contribution >= 4 is 17.5 Å². The molecule has 7 nitrogen and oxygen atoms in total. The second kappa shape index (κ2) is 11.9. The fourth-order valence-corrected chi connectivity index (χ4v) is 4.26. The number of carbonyl (C=O) groups is 1. The highest BCUT2D eigenvalue weighted by molar-refractivity contribution is 6.30. The molecule has 0 aromatic heterocycles. The molecule has 180 valence electrons. The first-order valence-corrected chi connectivity index (χ1v) is 11.4. The van der Waals surface area contributed by atoms with Gasteiger partial charge in [0.25, 0.3) is 5.91 Å². The van der Waals surface area contributed by atoms with E-state index in [1.165, 1.54) is 0 Å². The largest absolute Gasteiger partial charge is 0.390 e. The van der Waals surface area contributed by atoms with Crippen LogP contribution in [0.3, 0.4) is 0 Å². The van der Waals surface area contributed by atoms with Crippen molar-refractivity contribution in [3.8, 4) is 0 Å². The zero-order valence-electron chi connectivity index (χ0n) is 19.0. The van der Waals surface area contributed by atoms with E-state index in [0.717, 1.165) is 16.7 Å². The second-order valence-corrected chi connectivity index (χ2v) is 8.90. The molecule has 1 aliphatic rings. The average molecular weight is 478 g/mol. The molecular weight excluding hydrogens is 446 g/mol. The predicted octanol–water partition coefficient (Wildman–Crippen LogP) is 2.77. The van der Waals surface area contributed by atoms with Crippen LogP contribution in [0.4, 0.5) is 0 Å². The van der Waals surface area contributed by atoms with E-state index in [-0.39, 0.29) is 32.0 Å². The highest BCUT2D eigenvalue weighted by atomic mass is 35.5. The Hall–Kier alpha value is -2.00. The number of aliphatic hydroxyl groups is 2. The summed E-state index contributed by atoms with van der Waals surface area (Å²) in [4.78, 5) is 13.2. The van der Waals surface area contributed by atoms with Crippen molar-refractivity contribution in [1.29, 1.82) is 0 Å². The third-order valence-electron chi connectivity index (χ3n) is 5.80. The lowest BCUT2D eigenvalue weighted by Crippen LogP contribution is -2.60. The van der Waals surface area contributed by atoms with Crippen LogP contribution in [0.5, 0.6) is 0 Å². The number of amides is 1. The van der Waals surface area contributed by atoms with Gasteiger partial charge in [-0.3, -0.25) is 4.79 Å². The summed E-state index contributed by atoms with van der Waals surface area (Å²) in [6, 6.07) is 15.0. The Balaban J connectivity index is 1.78. The van der Waals surface area contributed by atoms with Gasteiger partial charge in [0.05, 0.1) is 32.0 Å². The van der Waals surface area contributed by atoms with Crippen LogP contribution >= 0.6 is 11.6 Å². The molecule has 1 aliphatic carbocycles. The fraction of sp³-hybridized carbons (Fsp3) is 0.480. The van der Waals surface area contributed by atoms with Gasteiger partial charge in [-0.1, -0.05) is 53.6 Å². The lowest BCUT2D eigenvalue weighted by atomic mass is 9.78. The quantitative estimate of drug-likeness (QED) is 0.455. The number of aliphatic hydroxyl groups excluding tert-OH is 2. The summed E-state index contributed by atoms with van der Waals surface area (Å²) in [5.41, 5.74) is 1.45. The summed E-state index contributed by atoms with van der Waals surface area (Å²) in [7, 11) is 1.55. The van der Waals surface area contributed by atoms with Crippen LogP contribution in [-0.2, 0) is 32.2 Å². The number of methoxy groups -OCH3 is 1. The highest BCUT2D eigenvalue weighted by Gasteiger charge is 2.51. The van der Waals surface area contributed by atoms with Crippen LogP contribution in [0.1, 0.15) is 29.5 Å². The molecule has 0 bridgehead atoms. The van der Waals surface area contributed by atoms with E-state index in [1.54, 1.807) is 19.2 Å². The second-order valence-electron chi connectivity index (χ2n) is 8.47. The van der Waals surface area contributed by atoms with Gasteiger partial charge in [0.2, 0.25) is 0 Å². The number of hydrogen-bond donors (Lipinski definition) is 3. The molecule has 0 radical (unpaired) electrons. The smallest absolute Gasteiger partial charge is 0.252 e. The first-order valence-electron chi connectivity index (χ1n) is 11.0. The third-order valence-corrected chi connectivity index (χ3v) is 6.04. The maximum Gasteiger partial charge on any atom is 0.252 e. The molecule has 0 aliphatic heterocycles. The Labute approximate surface area is 199 Å². The summed E-state index contributed by atoms with van der Waals surface area (Å²) >= 11 is 6.05. The Bertz CT molecular complexity index is 925. The molecule has 3 rings (SSSR count). The Morgan fingerprint density at radius 1 is 1.12 bits per heavy atom. The van der Waals surface area contributed by atoms with Gasteiger partial charge >= 0.3 is 0 Å². The summed E-state index contributed by atoms with van der Waals surface area (Å²) < 4.78 is 17.2. The number of carbonyl (C=O) groups excluding carboxylic acids is 1. The molecule has 1 unspecified atom stereocenters. The molecule has 0 spiro atoms. The molecule has 33 heavy (non-hydrogen) atoms. The standard InChI is InChI=1S/C25H32ClNO6/c1-17-5-3-6-18(11-17)16-33-25(24(30)27-9-10-31-2)13-21(28)23(29)22(14-25)32-15-19-7-4-8-20(26)12-19/h3-8,11-12,21-23,28-29H,9-10,13-16H2,1-2H3,(H,27,30)/t21-,22?,23-,25+/m1/s1. The van der Waals surface area contributed by atoms with E-state index in [9.17, 15) is 15.0 Å². The van der Waals surface area contributed by atoms with Crippen LogP contribution < -0.4 is 5.32 Å². The van der Waals surface area contributed by atoms with Crippen LogP contribution in [0.2, 0.25) is 5.02 Å². The normalized spacial score (nSPS) is 25.1. The Morgan fingerprint density at radius 2 is 1.85 bits per heavy atom. The maximum atomic E-state index is 13.2. The first-order chi connectivity index (χ1) is 15.8. The number of hydrogen-bond acceptors (Lipinski definition) is 6. The summed E-state index contributed by atoms with van der Waals surface area (Å²) in [5, 5.41) is 24.7. The van der Waals surface area contributed by atoms with Crippen LogP contribution in [0.25, 0.3) is 0 Å². The van der Waals surface area contributed by atoms with Crippen LogP contribution in [-0.4, -0.2) is 60.3 Å². The Morgan fingerprint density at radius 3 is 2.55 bits per heavy atom. The van der Waals surface area contributed by atoms with Gasteiger partial charge in [0.1, 0.15) is 6.10 Å². The number of halogens is 1. The van der Waals surface area contributed by atoms with Gasteiger partial charge in [0.15, 0.2) is 5.60 Å². The molecule has 2 aromatic rings. The summed E-state index contributed by atoms with van der Waals surface area (Å²) in [6.45, 7) is 2.99. The van der Waals surface area contributed by atoms with Crippen LogP contribution in [0.15, 0.2) is 48.5 Å². The molecule has 3 N–H and O–H groups in total. The van der Waals surface area contributed by atoms with E-state index in [4.69, 9.17) is 25.8 Å². The number of nitrogens with one attached hydrogen (secondary N) is 1. The van der Waals surface area contributed by atoms with E-state index < -0.39 is 23.9 Å². The molecular formula is C25H32ClNO6. The third kappa shape index (κ3) is 6.99. The van der Waals surface area contributed by atoms with Gasteiger partial charge in [-0.25, -0.2) is 0 Å². The van der Waals surface area contributed by atoms with Crippen molar-refractivity contribution in [2.75, 3.05) is 20.3 Å². The first kappa shape index (κ1) is 25.6. The minimum Gasteiger partial charge on any atom is -0.390 e. The summed E-state index contributed by atoms with van der Waals surface area (Å²) in [6.07, 6.45) is -3.09. The van der Waals surface area contributed by atoms with E-state index in [1.807, 2.05) is 43.3 Å². The average Bonchev–Trinajstić information content (AvgIpc) is 2.79. The van der Waals surface area contributed by atoms with E-state index >= 15 is 0 Å². The lowest BCUT2D eigenvalue weighted by molar-refractivity contribution is -0.200. The van der Waals surface area contributed by atoms with Crippen molar-refractivity contribution in [2.45, 2.75) is 56.9 Å². The molecule has 1 saturated carbocycles. The van der Waals surface area contributed by atoms with Gasteiger partial charge < -0.3 is 29.7 Å². The monoisotopic (exact) mass is 477 g/mol. The molecule has 1 fully saturated rings. The van der Waals surface area contributed by atoms with Crippen molar-refractivity contribution in [3.05, 3.63) is 70.2 Å². The molecule has 4 atom stereocenters. The predicted molar refractivity (Wildman–Crippen MR) is 125 cm³/mol. The zero-order chi connectivity index (χ0) is 23.8. The molecule has 1 amide bonds. The number of rotatable bonds is 10. The maximum absolute atomic E-state index is 13.2. The molecule has 0 heterocycles. The SMILES string of the molecule is COCCNC(=O)[C@@]1(OCc2cccc(C)c2)CC(OCc2cccc(Cl)c2)[C@H](O)[C@H](O)C1. The molecule has 8 heteroatoms. The fourth-order valence-electron chi connectivity index (χ4n) is 4.04. The number of benzene rings is 2. The summed E-state index contributed by atoms with van der Waals surface area (Å²) in [5.74, 6) is -0.366. The number of aryl methyl sites for hydroxylation is 1. The topological polar surface area (TPSA) is 97.3 Å². The zero-order valence-corrected chi connectivity index (χ0v) is 19.8. The minimum absolute atomic E-state index is 0.0458. The van der Waals surface area contributed by atoms with Crippen molar-refractivity contribution < 1.29 is 29.2 Å². The highest BCUT2D eigenvalue weighted by Crippen LogP contribution is 2.36. The number of ether oxygens (including phenoxy) is 3. The van der Waals surface area contributed by atoms with Gasteiger partial charge in [-0.15, -0.1) is 0 Å². The van der Waals surface area contributed by atoms with Crippen molar-refractivity contribution in [3.63, 3.8) is 0 Å². The van der Waals surface area contributed by atoms with Gasteiger partial charge in [0, 0.05) is 31.5 Å². The minimum atomic E-state index is -1.37. The molecule has 0 saturated heterocycles. The lowest BCUT2D eigenvalue weighted by Gasteiger charge is -2.44. The van der Waals surface area contributed by atoms with Crippen molar-refractivity contribution in [2.24, 2.45) is 0 Å². The van der Waals surface area contributed by atoms with Crippen LogP contribution in [0, 0.1) is 6.92 Å². The Kier molecular flexibility index (Phi) is 9.26.